The van der Waals surface area contributed by atoms with Gasteiger partial charge in [0, 0.05) is 6.20 Å². The van der Waals surface area contributed by atoms with Crippen LogP contribution in [-0.2, 0) is 9.47 Å². The zero-order valence-electron chi connectivity index (χ0n) is 12.9. The third-order valence-corrected chi connectivity index (χ3v) is 4.82. The van der Waals surface area contributed by atoms with Gasteiger partial charge in [-0.25, -0.2) is 9.59 Å². The van der Waals surface area contributed by atoms with E-state index in [0.717, 1.165) is 17.4 Å². The Morgan fingerprint density at radius 1 is 1.50 bits per heavy atom. The van der Waals surface area contributed by atoms with Crippen LogP contribution in [0.1, 0.15) is 26.0 Å². The average molecular weight is 451 g/mol. The van der Waals surface area contributed by atoms with Gasteiger partial charge in [0.2, 0.25) is 0 Å². The second-order valence-electron chi connectivity index (χ2n) is 6.01. The molecular weight excluding hydrogens is 433 g/mol. The van der Waals surface area contributed by atoms with Crippen molar-refractivity contribution in [1.82, 2.24) is 9.55 Å². The Bertz CT molecular complexity index is 692. The molecule has 1 aromatic heterocycles. The first-order chi connectivity index (χ1) is 11.4. The fourth-order valence-electron chi connectivity index (χ4n) is 2.38. The third-order valence-electron chi connectivity index (χ3n) is 4.03. The van der Waals surface area contributed by atoms with Gasteiger partial charge < -0.3 is 19.7 Å². The van der Waals surface area contributed by atoms with Gasteiger partial charge in [-0.2, -0.15) is 4.98 Å². The molecule has 2 fully saturated rings. The summed E-state index contributed by atoms with van der Waals surface area (Å²) in [5.41, 5.74) is -0.710. The molecule has 24 heavy (non-hydrogen) atoms. The van der Waals surface area contributed by atoms with E-state index >= 15 is 0 Å². The lowest BCUT2D eigenvalue weighted by atomic mass is 10.1. The van der Waals surface area contributed by atoms with E-state index in [9.17, 15) is 19.8 Å². The number of aliphatic hydroxyl groups excluding tert-OH is 2. The summed E-state index contributed by atoms with van der Waals surface area (Å²) in [5.74, 6) is 0.518. The van der Waals surface area contributed by atoms with Crippen LogP contribution in [0.2, 0.25) is 0 Å². The van der Waals surface area contributed by atoms with E-state index < -0.39 is 36.3 Å². The van der Waals surface area contributed by atoms with Crippen molar-refractivity contribution >= 4 is 34.5 Å². The SMILES string of the molecule is C[C@H]1O[C@@H](n2cc(I)c(NC(=O)OCC3CC3)nc2=O)[C@H](O)[C@@H]1O. The van der Waals surface area contributed by atoms with Crippen molar-refractivity contribution in [2.24, 2.45) is 5.92 Å². The predicted molar refractivity (Wildman–Crippen MR) is 90.5 cm³/mol. The number of carbonyl (C=O) groups excluding carboxylic acids is 1. The number of nitrogens with one attached hydrogen (secondary N) is 1. The Kier molecular flexibility index (Phi) is 5.08. The topological polar surface area (TPSA) is 123 Å². The number of halogens is 1. The Hall–Kier alpha value is -1.24. The molecule has 3 rings (SSSR count). The molecular formula is C14H18IN3O6. The lowest BCUT2D eigenvalue weighted by molar-refractivity contribution is -0.0351. The van der Waals surface area contributed by atoms with E-state index in [-0.39, 0.29) is 5.82 Å². The van der Waals surface area contributed by atoms with Gasteiger partial charge in [0.1, 0.15) is 12.2 Å². The Balaban J connectivity index is 1.73. The van der Waals surface area contributed by atoms with Crippen LogP contribution in [0, 0.1) is 9.49 Å². The molecule has 1 saturated heterocycles. The number of aromatic nitrogens is 2. The summed E-state index contributed by atoms with van der Waals surface area (Å²) in [6, 6.07) is 0. The molecule has 132 valence electrons. The molecule has 2 aliphatic rings. The highest BCUT2D eigenvalue weighted by molar-refractivity contribution is 14.1. The monoisotopic (exact) mass is 451 g/mol. The largest absolute Gasteiger partial charge is 0.449 e. The van der Waals surface area contributed by atoms with Gasteiger partial charge in [-0.15, -0.1) is 0 Å². The first-order valence-corrected chi connectivity index (χ1v) is 8.68. The fraction of sp³-hybridized carbons (Fsp3) is 0.643. The van der Waals surface area contributed by atoms with Gasteiger partial charge in [0.15, 0.2) is 12.0 Å². The summed E-state index contributed by atoms with van der Waals surface area (Å²) in [6.45, 7) is 1.96. The summed E-state index contributed by atoms with van der Waals surface area (Å²) in [7, 11) is 0. The molecule has 3 N–H and O–H groups in total. The van der Waals surface area contributed by atoms with Gasteiger partial charge in [-0.3, -0.25) is 9.88 Å². The Morgan fingerprint density at radius 3 is 2.79 bits per heavy atom. The fourth-order valence-corrected chi connectivity index (χ4v) is 2.94. The van der Waals surface area contributed by atoms with Crippen LogP contribution in [0.25, 0.3) is 0 Å². The number of nitrogens with zero attached hydrogens (tertiary/aromatic N) is 2. The number of aliphatic hydroxyl groups is 2. The van der Waals surface area contributed by atoms with Crippen LogP contribution in [0.5, 0.6) is 0 Å². The summed E-state index contributed by atoms with van der Waals surface area (Å²) in [6.07, 6.45) is -1.09. The summed E-state index contributed by atoms with van der Waals surface area (Å²) in [4.78, 5) is 27.7. The highest BCUT2D eigenvalue weighted by Gasteiger charge is 2.42. The smallest absolute Gasteiger partial charge is 0.412 e. The molecule has 9 nitrogen and oxygen atoms in total. The van der Waals surface area contributed by atoms with Crippen molar-refractivity contribution in [3.8, 4) is 0 Å². The van der Waals surface area contributed by atoms with Crippen LogP contribution >= 0.6 is 22.6 Å². The maximum Gasteiger partial charge on any atom is 0.412 e. The van der Waals surface area contributed by atoms with E-state index in [1.54, 1.807) is 6.92 Å². The van der Waals surface area contributed by atoms with Crippen LogP contribution in [0.4, 0.5) is 10.6 Å². The minimum absolute atomic E-state index is 0.0822. The third kappa shape index (κ3) is 3.71. The Labute approximate surface area is 151 Å². The van der Waals surface area contributed by atoms with E-state index in [2.05, 4.69) is 10.3 Å². The quantitative estimate of drug-likeness (QED) is 0.568. The molecule has 2 heterocycles. The molecule has 0 aromatic carbocycles. The molecule has 1 aromatic rings. The lowest BCUT2D eigenvalue weighted by Crippen LogP contribution is -2.36. The minimum Gasteiger partial charge on any atom is -0.449 e. The highest BCUT2D eigenvalue weighted by atomic mass is 127. The van der Waals surface area contributed by atoms with Gasteiger partial charge in [0.05, 0.1) is 16.3 Å². The molecule has 10 heteroatoms. The number of anilines is 1. The minimum atomic E-state index is -1.24. The number of amides is 1. The summed E-state index contributed by atoms with van der Waals surface area (Å²) < 4.78 is 12.0. The van der Waals surface area contributed by atoms with Crippen molar-refractivity contribution in [3.05, 3.63) is 20.3 Å². The molecule has 1 aliphatic heterocycles. The van der Waals surface area contributed by atoms with Crippen molar-refractivity contribution < 1.29 is 24.5 Å². The maximum absolute atomic E-state index is 12.2. The average Bonchev–Trinajstić information content (AvgIpc) is 3.33. The van der Waals surface area contributed by atoms with Crippen LogP contribution in [0.3, 0.4) is 0 Å². The van der Waals surface area contributed by atoms with E-state index in [1.165, 1.54) is 6.20 Å². The highest BCUT2D eigenvalue weighted by Crippen LogP contribution is 2.30. The molecule has 0 bridgehead atoms. The predicted octanol–water partition coefficient (Wildman–Crippen LogP) is 0.445. The number of hydrogen-bond donors (Lipinski definition) is 3. The van der Waals surface area contributed by atoms with Crippen LogP contribution < -0.4 is 11.0 Å². The molecule has 1 saturated carbocycles. The van der Waals surface area contributed by atoms with E-state index in [0.29, 0.717) is 16.1 Å². The van der Waals surface area contributed by atoms with Crippen molar-refractivity contribution in [3.63, 3.8) is 0 Å². The van der Waals surface area contributed by atoms with Crippen LogP contribution in [0.15, 0.2) is 11.0 Å². The van der Waals surface area contributed by atoms with Gasteiger partial charge in [-0.1, -0.05) is 0 Å². The number of ether oxygens (including phenoxy) is 2. The molecule has 0 radical (unpaired) electrons. The second-order valence-corrected chi connectivity index (χ2v) is 7.17. The standard InChI is InChI=1S/C14H18IN3O6/c1-6-9(19)10(20)12(24-6)18-4-8(15)11(16-13(18)21)17-14(22)23-5-7-2-3-7/h4,6-7,9-10,12,19-20H,2-3,5H2,1H3,(H,16,17,21,22)/t6-,9-,10-,12-/m1/s1. The lowest BCUT2D eigenvalue weighted by Gasteiger charge is -2.18. The first-order valence-electron chi connectivity index (χ1n) is 7.61. The molecule has 0 unspecified atom stereocenters. The number of carbonyl (C=O) groups is 1. The zero-order chi connectivity index (χ0) is 17.4. The normalized spacial score (nSPS) is 29.5. The first kappa shape index (κ1) is 17.6. The van der Waals surface area contributed by atoms with E-state index in [1.807, 2.05) is 22.6 Å². The van der Waals surface area contributed by atoms with Crippen LogP contribution in [-0.4, -0.2) is 50.8 Å². The molecule has 0 spiro atoms. The van der Waals surface area contributed by atoms with Gasteiger partial charge >= 0.3 is 11.8 Å². The number of rotatable bonds is 4. The van der Waals surface area contributed by atoms with Gasteiger partial charge in [-0.05, 0) is 48.3 Å². The van der Waals surface area contributed by atoms with Crippen molar-refractivity contribution in [2.75, 3.05) is 11.9 Å². The second kappa shape index (κ2) is 6.94. The van der Waals surface area contributed by atoms with Crippen molar-refractivity contribution in [1.29, 1.82) is 0 Å². The summed E-state index contributed by atoms with van der Waals surface area (Å²) in [5, 5.41) is 22.2. The zero-order valence-corrected chi connectivity index (χ0v) is 15.0. The van der Waals surface area contributed by atoms with E-state index in [4.69, 9.17) is 9.47 Å². The summed E-state index contributed by atoms with van der Waals surface area (Å²) >= 11 is 1.90. The maximum atomic E-state index is 12.2. The molecule has 1 aliphatic carbocycles. The Morgan fingerprint density at radius 2 is 2.21 bits per heavy atom. The van der Waals surface area contributed by atoms with Crippen molar-refractivity contribution in [2.45, 2.75) is 44.3 Å². The molecule has 1 amide bonds. The molecule has 4 atom stereocenters. The number of hydrogen-bond acceptors (Lipinski definition) is 7. The van der Waals surface area contributed by atoms with Gasteiger partial charge in [0.25, 0.3) is 0 Å².